The smallest absolute Gasteiger partial charge is 0.0244 e. The van der Waals surface area contributed by atoms with Gasteiger partial charge in [-0.2, -0.15) is 0 Å². The van der Waals surface area contributed by atoms with Gasteiger partial charge in [0, 0.05) is 31.7 Å². The van der Waals surface area contributed by atoms with Gasteiger partial charge in [-0.05, 0) is 30.6 Å². The van der Waals surface area contributed by atoms with Crippen LogP contribution in [0.25, 0.3) is 0 Å². The highest BCUT2D eigenvalue weighted by molar-refractivity contribution is 4.93. The molecule has 2 heteroatoms. The molecule has 1 aliphatic carbocycles. The maximum atomic E-state index is 3.79. The number of piperazine rings is 1. The zero-order valence-electron chi connectivity index (χ0n) is 12.8. The number of nitrogens with zero attached hydrogens (tertiary/aromatic N) is 1. The second-order valence-electron chi connectivity index (χ2n) is 7.52. The molecule has 2 aliphatic rings. The summed E-state index contributed by atoms with van der Waals surface area (Å²) in [5, 5.41) is 3.79. The summed E-state index contributed by atoms with van der Waals surface area (Å²) in [6.07, 6.45) is 7.09. The Balaban J connectivity index is 1.93. The standard InChI is InChI=1S/C16H32N2/c1-5-7-14-10-17-15(16(2,3)4)12-18(14)11-13-8-6-9-13/h13-15,17H,5-12H2,1-4H3. The van der Waals surface area contributed by atoms with Crippen LogP contribution in [0.15, 0.2) is 0 Å². The third-order valence-corrected chi connectivity index (χ3v) is 4.92. The third-order valence-electron chi connectivity index (χ3n) is 4.92. The van der Waals surface area contributed by atoms with Crippen LogP contribution in [0.2, 0.25) is 0 Å². The van der Waals surface area contributed by atoms with Gasteiger partial charge in [0.05, 0.1) is 0 Å². The van der Waals surface area contributed by atoms with Crippen LogP contribution in [0, 0.1) is 11.3 Å². The van der Waals surface area contributed by atoms with Crippen LogP contribution in [-0.4, -0.2) is 36.6 Å². The van der Waals surface area contributed by atoms with Gasteiger partial charge in [0.1, 0.15) is 0 Å². The first-order chi connectivity index (χ1) is 8.50. The molecule has 2 rings (SSSR count). The summed E-state index contributed by atoms with van der Waals surface area (Å²) >= 11 is 0. The van der Waals surface area contributed by atoms with E-state index in [0.29, 0.717) is 11.5 Å². The van der Waals surface area contributed by atoms with Gasteiger partial charge in [-0.1, -0.05) is 40.5 Å². The molecule has 1 N–H and O–H groups in total. The molecule has 1 heterocycles. The number of hydrogen-bond acceptors (Lipinski definition) is 2. The quantitative estimate of drug-likeness (QED) is 0.826. The molecule has 1 aliphatic heterocycles. The fourth-order valence-corrected chi connectivity index (χ4v) is 3.28. The van der Waals surface area contributed by atoms with Gasteiger partial charge in [-0.15, -0.1) is 0 Å². The molecule has 0 aromatic rings. The lowest BCUT2D eigenvalue weighted by Crippen LogP contribution is -2.61. The van der Waals surface area contributed by atoms with Crippen molar-refractivity contribution in [3.05, 3.63) is 0 Å². The van der Waals surface area contributed by atoms with Crippen molar-refractivity contribution in [1.29, 1.82) is 0 Å². The Morgan fingerprint density at radius 2 is 1.94 bits per heavy atom. The Labute approximate surface area is 114 Å². The zero-order valence-corrected chi connectivity index (χ0v) is 12.8. The lowest BCUT2D eigenvalue weighted by atomic mass is 9.81. The van der Waals surface area contributed by atoms with E-state index in [2.05, 4.69) is 37.9 Å². The van der Waals surface area contributed by atoms with Gasteiger partial charge in [0.2, 0.25) is 0 Å². The fraction of sp³-hybridized carbons (Fsp3) is 1.00. The second-order valence-corrected chi connectivity index (χ2v) is 7.52. The molecule has 2 nitrogen and oxygen atoms in total. The molecule has 0 bridgehead atoms. The van der Waals surface area contributed by atoms with Gasteiger partial charge in [0.15, 0.2) is 0 Å². The SMILES string of the molecule is CCCC1CNC(C(C)(C)C)CN1CC1CCC1. The summed E-state index contributed by atoms with van der Waals surface area (Å²) in [7, 11) is 0. The van der Waals surface area contributed by atoms with E-state index in [-0.39, 0.29) is 0 Å². The van der Waals surface area contributed by atoms with E-state index >= 15 is 0 Å². The molecule has 2 atom stereocenters. The van der Waals surface area contributed by atoms with E-state index in [1.54, 1.807) is 0 Å². The van der Waals surface area contributed by atoms with Crippen LogP contribution in [0.3, 0.4) is 0 Å². The minimum Gasteiger partial charge on any atom is -0.311 e. The molecule has 0 aromatic heterocycles. The second kappa shape index (κ2) is 5.92. The molecule has 1 saturated carbocycles. The Bertz CT molecular complexity index is 252. The topological polar surface area (TPSA) is 15.3 Å². The molecule has 1 saturated heterocycles. The van der Waals surface area contributed by atoms with Crippen molar-refractivity contribution in [2.45, 2.75) is 71.9 Å². The van der Waals surface area contributed by atoms with E-state index in [0.717, 1.165) is 12.0 Å². The molecule has 0 spiro atoms. The van der Waals surface area contributed by atoms with Crippen LogP contribution < -0.4 is 5.32 Å². The Hall–Kier alpha value is -0.0800. The lowest BCUT2D eigenvalue weighted by molar-refractivity contribution is 0.0545. The van der Waals surface area contributed by atoms with Gasteiger partial charge >= 0.3 is 0 Å². The minimum atomic E-state index is 0.384. The van der Waals surface area contributed by atoms with Gasteiger partial charge in [-0.3, -0.25) is 4.90 Å². The van der Waals surface area contributed by atoms with Gasteiger partial charge in [-0.25, -0.2) is 0 Å². The van der Waals surface area contributed by atoms with Crippen LogP contribution in [0.4, 0.5) is 0 Å². The Morgan fingerprint density at radius 1 is 1.22 bits per heavy atom. The van der Waals surface area contributed by atoms with Crippen LogP contribution >= 0.6 is 0 Å². The van der Waals surface area contributed by atoms with Gasteiger partial charge < -0.3 is 5.32 Å². The molecule has 0 radical (unpaired) electrons. The largest absolute Gasteiger partial charge is 0.311 e. The van der Waals surface area contributed by atoms with Crippen molar-refractivity contribution < 1.29 is 0 Å². The van der Waals surface area contributed by atoms with Crippen molar-refractivity contribution in [2.75, 3.05) is 19.6 Å². The number of nitrogens with one attached hydrogen (secondary N) is 1. The first-order valence-corrected chi connectivity index (χ1v) is 7.98. The van der Waals surface area contributed by atoms with E-state index in [1.165, 1.54) is 51.7 Å². The average Bonchev–Trinajstić information content (AvgIpc) is 2.24. The van der Waals surface area contributed by atoms with Crippen LogP contribution in [0.1, 0.15) is 59.8 Å². The first-order valence-electron chi connectivity index (χ1n) is 7.98. The van der Waals surface area contributed by atoms with Crippen molar-refractivity contribution in [1.82, 2.24) is 10.2 Å². The molecule has 0 amide bonds. The summed E-state index contributed by atoms with van der Waals surface area (Å²) in [5.74, 6) is 1.00. The van der Waals surface area contributed by atoms with Crippen molar-refractivity contribution in [2.24, 2.45) is 11.3 Å². The monoisotopic (exact) mass is 252 g/mol. The zero-order chi connectivity index (χ0) is 13.2. The summed E-state index contributed by atoms with van der Waals surface area (Å²) in [5.41, 5.74) is 0.384. The summed E-state index contributed by atoms with van der Waals surface area (Å²) in [4.78, 5) is 2.81. The summed E-state index contributed by atoms with van der Waals surface area (Å²) < 4.78 is 0. The molecule has 2 unspecified atom stereocenters. The third kappa shape index (κ3) is 3.48. The fourth-order valence-electron chi connectivity index (χ4n) is 3.28. The molecule has 0 aromatic carbocycles. The number of hydrogen-bond donors (Lipinski definition) is 1. The van der Waals surface area contributed by atoms with Crippen molar-refractivity contribution >= 4 is 0 Å². The molecule has 106 valence electrons. The van der Waals surface area contributed by atoms with Crippen LogP contribution in [0.5, 0.6) is 0 Å². The first kappa shape index (κ1) is 14.3. The van der Waals surface area contributed by atoms with E-state index in [4.69, 9.17) is 0 Å². The van der Waals surface area contributed by atoms with E-state index in [9.17, 15) is 0 Å². The Kier molecular flexibility index (Phi) is 4.71. The highest BCUT2D eigenvalue weighted by Crippen LogP contribution is 2.30. The lowest BCUT2D eigenvalue weighted by Gasteiger charge is -2.47. The Morgan fingerprint density at radius 3 is 2.44 bits per heavy atom. The predicted molar refractivity (Wildman–Crippen MR) is 78.9 cm³/mol. The summed E-state index contributed by atoms with van der Waals surface area (Å²) in [6.45, 7) is 13.2. The maximum Gasteiger partial charge on any atom is 0.0244 e. The molecule has 2 fully saturated rings. The molecular weight excluding hydrogens is 220 g/mol. The molecular formula is C16H32N2. The molecule has 18 heavy (non-hydrogen) atoms. The highest BCUT2D eigenvalue weighted by atomic mass is 15.2. The maximum absolute atomic E-state index is 3.79. The van der Waals surface area contributed by atoms with E-state index < -0.39 is 0 Å². The normalized spacial score (nSPS) is 31.3. The minimum absolute atomic E-state index is 0.384. The van der Waals surface area contributed by atoms with Crippen LogP contribution in [-0.2, 0) is 0 Å². The highest BCUT2D eigenvalue weighted by Gasteiger charge is 2.35. The summed E-state index contributed by atoms with van der Waals surface area (Å²) in [6, 6.07) is 1.44. The average molecular weight is 252 g/mol. The van der Waals surface area contributed by atoms with E-state index in [1.807, 2.05) is 0 Å². The van der Waals surface area contributed by atoms with Crippen molar-refractivity contribution in [3.63, 3.8) is 0 Å². The van der Waals surface area contributed by atoms with Gasteiger partial charge in [0.25, 0.3) is 0 Å². The number of rotatable bonds is 4. The predicted octanol–water partition coefficient (Wildman–Crippen LogP) is 3.28. The van der Waals surface area contributed by atoms with Crippen molar-refractivity contribution in [3.8, 4) is 0 Å².